The van der Waals surface area contributed by atoms with Gasteiger partial charge in [0.25, 0.3) is 6.47 Å². The highest BCUT2D eigenvalue weighted by molar-refractivity contribution is 7.87. The van der Waals surface area contributed by atoms with Crippen LogP contribution in [0.25, 0.3) is 17.0 Å². The number of carbonyl (C=O) groups is 1. The lowest BCUT2D eigenvalue weighted by atomic mass is 9.98. The second-order valence-electron chi connectivity index (χ2n) is 6.81. The summed E-state index contributed by atoms with van der Waals surface area (Å²) in [6, 6.07) is 3.07. The van der Waals surface area contributed by atoms with E-state index in [1.54, 1.807) is 6.92 Å². The first-order valence-electron chi connectivity index (χ1n) is 9.03. The number of nitrogens with zero attached hydrogens (tertiary/aromatic N) is 1. The van der Waals surface area contributed by atoms with Crippen molar-refractivity contribution in [3.05, 3.63) is 53.2 Å². The van der Waals surface area contributed by atoms with Gasteiger partial charge in [0.1, 0.15) is 28.8 Å². The standard InChI is InChI=1S/C18H14F5NO4S.C2H4O2/c1-8-4-12(14(20)6-13(8)19)16-17-11(9(2)7-27-17)5-15(24-16)10(3)28-29(25,26)18(21,22)23;1-4-2-3/h4-6,9H,3,7H2,1-2H3;2H,1H3. The molecule has 2 aromatic rings. The molecule has 1 aliphatic rings. The molecule has 0 bridgehead atoms. The SMILES string of the molecule is C=C(OS(=O)(=O)C(F)(F)F)c1cc2c(c(-c3cc(C)c(F)cc3F)n1)OCC2C.COC=O. The minimum Gasteiger partial charge on any atom is -0.490 e. The molecular weight excluding hydrogens is 477 g/mol. The Hall–Kier alpha value is -3.22. The molecule has 0 spiro atoms. The van der Waals surface area contributed by atoms with E-state index in [9.17, 15) is 30.4 Å². The van der Waals surface area contributed by atoms with Gasteiger partial charge in [-0.1, -0.05) is 13.5 Å². The molecule has 1 aromatic carbocycles. The van der Waals surface area contributed by atoms with Gasteiger partial charge in [-0.15, -0.1) is 0 Å². The van der Waals surface area contributed by atoms with Crippen LogP contribution in [0.4, 0.5) is 22.0 Å². The number of rotatable bonds is 5. The fraction of sp³-hybridized carbons (Fsp3) is 0.300. The molecule has 0 aliphatic carbocycles. The summed E-state index contributed by atoms with van der Waals surface area (Å²) in [5.74, 6) is -2.75. The monoisotopic (exact) mass is 495 g/mol. The Morgan fingerprint density at radius 3 is 2.39 bits per heavy atom. The van der Waals surface area contributed by atoms with Crippen molar-refractivity contribution in [1.29, 1.82) is 0 Å². The van der Waals surface area contributed by atoms with Crippen LogP contribution < -0.4 is 4.74 Å². The number of fused-ring (bicyclic) bond motifs is 1. The second kappa shape index (κ2) is 9.73. The maximum atomic E-state index is 14.4. The molecule has 1 aliphatic heterocycles. The summed E-state index contributed by atoms with van der Waals surface area (Å²) in [5.41, 5.74) is -5.76. The lowest BCUT2D eigenvalue weighted by molar-refractivity contribution is -0.126. The first-order chi connectivity index (χ1) is 15.2. The van der Waals surface area contributed by atoms with Gasteiger partial charge in [-0.3, -0.25) is 4.79 Å². The van der Waals surface area contributed by atoms with Gasteiger partial charge in [0, 0.05) is 23.1 Å². The van der Waals surface area contributed by atoms with Crippen LogP contribution in [-0.2, 0) is 23.8 Å². The van der Waals surface area contributed by atoms with Crippen LogP contribution in [0.15, 0.2) is 24.8 Å². The number of ether oxygens (including phenoxy) is 2. The predicted molar refractivity (Wildman–Crippen MR) is 106 cm³/mol. The molecule has 0 radical (unpaired) electrons. The first kappa shape index (κ1) is 26.0. The van der Waals surface area contributed by atoms with E-state index in [-0.39, 0.29) is 40.8 Å². The highest BCUT2D eigenvalue weighted by atomic mass is 32.2. The van der Waals surface area contributed by atoms with E-state index in [1.807, 2.05) is 0 Å². The van der Waals surface area contributed by atoms with Gasteiger partial charge in [-0.2, -0.15) is 21.6 Å². The van der Waals surface area contributed by atoms with E-state index >= 15 is 0 Å². The lowest BCUT2D eigenvalue weighted by Gasteiger charge is -2.15. The smallest absolute Gasteiger partial charge is 0.490 e. The van der Waals surface area contributed by atoms with Gasteiger partial charge in [0.05, 0.1) is 13.7 Å². The topological polar surface area (TPSA) is 91.8 Å². The van der Waals surface area contributed by atoms with Crippen molar-refractivity contribution < 1.29 is 48.8 Å². The molecule has 1 unspecified atom stereocenters. The maximum absolute atomic E-state index is 14.4. The lowest BCUT2D eigenvalue weighted by Crippen LogP contribution is -2.25. The van der Waals surface area contributed by atoms with Crippen molar-refractivity contribution in [3.8, 4) is 17.0 Å². The number of aromatic nitrogens is 1. The summed E-state index contributed by atoms with van der Waals surface area (Å²) in [6.07, 6.45) is 0. The summed E-state index contributed by atoms with van der Waals surface area (Å²) in [7, 11) is -4.65. The predicted octanol–water partition coefficient (Wildman–Crippen LogP) is 4.46. The molecule has 33 heavy (non-hydrogen) atoms. The average molecular weight is 495 g/mol. The molecule has 13 heteroatoms. The molecule has 180 valence electrons. The number of carbonyl (C=O) groups excluding carboxylic acids is 1. The average Bonchev–Trinajstić information content (AvgIpc) is 3.10. The van der Waals surface area contributed by atoms with Crippen molar-refractivity contribution in [2.24, 2.45) is 0 Å². The highest BCUT2D eigenvalue weighted by Gasteiger charge is 2.49. The Kier molecular flexibility index (Phi) is 7.68. The van der Waals surface area contributed by atoms with Crippen LogP contribution in [0.3, 0.4) is 0 Å². The number of pyridine rings is 1. The van der Waals surface area contributed by atoms with E-state index in [2.05, 4.69) is 20.5 Å². The van der Waals surface area contributed by atoms with E-state index in [1.165, 1.54) is 26.2 Å². The summed E-state index contributed by atoms with van der Waals surface area (Å²) in [6.45, 7) is 6.89. The van der Waals surface area contributed by atoms with Gasteiger partial charge < -0.3 is 13.7 Å². The van der Waals surface area contributed by atoms with Gasteiger partial charge >= 0.3 is 15.6 Å². The van der Waals surface area contributed by atoms with Crippen molar-refractivity contribution in [1.82, 2.24) is 4.98 Å². The Morgan fingerprint density at radius 1 is 1.24 bits per heavy atom. The quantitative estimate of drug-likeness (QED) is 0.199. The third kappa shape index (κ3) is 5.59. The fourth-order valence-electron chi connectivity index (χ4n) is 2.76. The van der Waals surface area contributed by atoms with E-state index in [4.69, 9.17) is 9.53 Å². The Morgan fingerprint density at radius 2 is 1.85 bits per heavy atom. The number of aryl methyl sites for hydroxylation is 1. The summed E-state index contributed by atoms with van der Waals surface area (Å²) in [5, 5.41) is 0. The van der Waals surface area contributed by atoms with Crippen LogP contribution in [0, 0.1) is 18.6 Å². The summed E-state index contributed by atoms with van der Waals surface area (Å²) in [4.78, 5) is 13.0. The molecule has 0 amide bonds. The second-order valence-corrected chi connectivity index (χ2v) is 8.34. The molecule has 1 aromatic heterocycles. The molecule has 1 atom stereocenters. The van der Waals surface area contributed by atoms with Crippen molar-refractivity contribution in [2.45, 2.75) is 25.3 Å². The van der Waals surface area contributed by atoms with Gasteiger partial charge in [0.15, 0.2) is 5.76 Å². The Labute approximate surface area is 185 Å². The molecule has 3 rings (SSSR count). The van der Waals surface area contributed by atoms with Crippen molar-refractivity contribution >= 4 is 22.3 Å². The van der Waals surface area contributed by atoms with E-state index in [0.717, 1.165) is 0 Å². The number of benzene rings is 1. The molecule has 0 fully saturated rings. The van der Waals surface area contributed by atoms with Gasteiger partial charge in [-0.05, 0) is 24.6 Å². The zero-order chi connectivity index (χ0) is 25.1. The maximum Gasteiger partial charge on any atom is 0.534 e. The number of hydrogen-bond donors (Lipinski definition) is 0. The Bertz CT molecular complexity index is 1180. The minimum absolute atomic E-state index is 0.100. The summed E-state index contributed by atoms with van der Waals surface area (Å²) >= 11 is 0. The zero-order valence-electron chi connectivity index (χ0n) is 17.5. The van der Waals surface area contributed by atoms with E-state index < -0.39 is 33.0 Å². The third-order valence-electron chi connectivity index (χ3n) is 4.39. The number of alkyl halides is 3. The largest absolute Gasteiger partial charge is 0.534 e. The normalized spacial score (nSPS) is 15.0. The molecule has 7 nitrogen and oxygen atoms in total. The number of hydrogen-bond acceptors (Lipinski definition) is 7. The molecule has 0 N–H and O–H groups in total. The first-order valence-corrected chi connectivity index (χ1v) is 10.4. The van der Waals surface area contributed by atoms with Gasteiger partial charge in [-0.25, -0.2) is 13.8 Å². The minimum atomic E-state index is -5.97. The number of halogens is 5. The molecule has 0 saturated heterocycles. The van der Waals surface area contributed by atoms with Crippen LogP contribution in [0.5, 0.6) is 5.75 Å². The van der Waals surface area contributed by atoms with Crippen LogP contribution in [-0.4, -0.2) is 39.1 Å². The molecule has 0 saturated carbocycles. The van der Waals surface area contributed by atoms with Crippen molar-refractivity contribution in [2.75, 3.05) is 13.7 Å². The van der Waals surface area contributed by atoms with Gasteiger partial charge in [0.2, 0.25) is 0 Å². The van der Waals surface area contributed by atoms with E-state index in [0.29, 0.717) is 18.1 Å². The molecular formula is C20H18F5NO6S. The summed E-state index contributed by atoms with van der Waals surface area (Å²) < 4.78 is 102. The molecule has 2 heterocycles. The number of methoxy groups -OCH3 is 1. The van der Waals surface area contributed by atoms with Crippen molar-refractivity contribution in [3.63, 3.8) is 0 Å². The highest BCUT2D eigenvalue weighted by Crippen LogP contribution is 2.43. The third-order valence-corrected chi connectivity index (χ3v) is 5.38. The van der Waals surface area contributed by atoms with Crippen LogP contribution >= 0.6 is 0 Å². The Balaban J connectivity index is 0.000000890. The van der Waals surface area contributed by atoms with Crippen LogP contribution in [0.2, 0.25) is 0 Å². The fourth-order valence-corrected chi connectivity index (χ4v) is 3.20. The zero-order valence-corrected chi connectivity index (χ0v) is 18.3. The van der Waals surface area contributed by atoms with Crippen LogP contribution in [0.1, 0.15) is 29.7 Å².